The molecule has 0 aromatic carbocycles. The maximum Gasteiger partial charge on any atom is 0.255 e. The van der Waals surface area contributed by atoms with Crippen LogP contribution in [0.1, 0.15) is 56.8 Å². The second kappa shape index (κ2) is 7.43. The number of aromatic nitrogens is 1. The molecule has 1 aliphatic heterocycles. The molecule has 0 N–H and O–H groups in total. The van der Waals surface area contributed by atoms with Gasteiger partial charge in [0.25, 0.3) is 5.91 Å². The number of hydrogen-bond donors (Lipinski definition) is 0. The Morgan fingerprint density at radius 1 is 1.33 bits per heavy atom. The van der Waals surface area contributed by atoms with Crippen molar-refractivity contribution in [1.29, 1.82) is 0 Å². The normalized spacial score (nSPS) is 18.0. The van der Waals surface area contributed by atoms with Gasteiger partial charge in [-0.25, -0.2) is 4.98 Å². The first-order chi connectivity index (χ1) is 10.2. The number of carbonyl (C=O) groups excluding carboxylic acids is 1. The van der Waals surface area contributed by atoms with E-state index in [4.69, 9.17) is 0 Å². The van der Waals surface area contributed by atoms with E-state index in [2.05, 4.69) is 30.7 Å². The van der Waals surface area contributed by atoms with Gasteiger partial charge in [-0.05, 0) is 44.7 Å². The van der Waals surface area contributed by atoms with Gasteiger partial charge in [0.2, 0.25) is 0 Å². The van der Waals surface area contributed by atoms with Gasteiger partial charge >= 0.3 is 0 Å². The van der Waals surface area contributed by atoms with Crippen LogP contribution in [-0.4, -0.2) is 41.5 Å². The fourth-order valence-corrected chi connectivity index (χ4v) is 2.98. The molecule has 1 aliphatic rings. The van der Waals surface area contributed by atoms with Crippen LogP contribution in [0.4, 0.5) is 5.82 Å². The third kappa shape index (κ3) is 3.74. The smallest absolute Gasteiger partial charge is 0.255 e. The molecule has 0 radical (unpaired) electrons. The summed E-state index contributed by atoms with van der Waals surface area (Å²) >= 11 is 0. The maximum atomic E-state index is 12.5. The Labute approximate surface area is 128 Å². The summed E-state index contributed by atoms with van der Waals surface area (Å²) in [5, 5.41) is 0. The van der Waals surface area contributed by atoms with Gasteiger partial charge in [0, 0.05) is 31.9 Å². The van der Waals surface area contributed by atoms with E-state index in [1.165, 1.54) is 0 Å². The first-order valence-corrected chi connectivity index (χ1v) is 8.19. The summed E-state index contributed by atoms with van der Waals surface area (Å²) in [6.45, 7) is 9.37. The van der Waals surface area contributed by atoms with Crippen LogP contribution in [0.2, 0.25) is 0 Å². The third-order valence-corrected chi connectivity index (χ3v) is 4.12. The Bertz CT molecular complexity index is 452. The van der Waals surface area contributed by atoms with Crippen molar-refractivity contribution in [2.24, 2.45) is 0 Å². The van der Waals surface area contributed by atoms with Gasteiger partial charge in [-0.3, -0.25) is 4.79 Å². The van der Waals surface area contributed by atoms with Crippen molar-refractivity contribution in [3.63, 3.8) is 0 Å². The van der Waals surface area contributed by atoms with Crippen molar-refractivity contribution in [2.45, 2.75) is 52.5 Å². The van der Waals surface area contributed by atoms with Crippen LogP contribution >= 0.6 is 0 Å². The van der Waals surface area contributed by atoms with Crippen molar-refractivity contribution in [3.8, 4) is 0 Å². The summed E-state index contributed by atoms with van der Waals surface area (Å²) in [6, 6.07) is 4.27. The lowest BCUT2D eigenvalue weighted by atomic mass is 10.2. The van der Waals surface area contributed by atoms with E-state index in [1.807, 2.05) is 17.0 Å². The molecule has 0 aliphatic carbocycles. The number of pyridine rings is 1. The Kier molecular flexibility index (Phi) is 5.59. The van der Waals surface area contributed by atoms with Gasteiger partial charge in [0.15, 0.2) is 0 Å². The molecule has 0 saturated carbocycles. The molecule has 1 amide bonds. The van der Waals surface area contributed by atoms with Crippen molar-refractivity contribution >= 4 is 11.7 Å². The molecule has 4 heteroatoms. The third-order valence-electron chi connectivity index (χ3n) is 4.12. The molecule has 4 nitrogen and oxygen atoms in total. The summed E-state index contributed by atoms with van der Waals surface area (Å²) in [4.78, 5) is 21.2. The average molecular weight is 289 g/mol. The second-order valence-corrected chi connectivity index (χ2v) is 5.88. The van der Waals surface area contributed by atoms with Crippen molar-refractivity contribution in [3.05, 3.63) is 23.9 Å². The number of anilines is 1. The molecule has 2 rings (SSSR count). The highest BCUT2D eigenvalue weighted by Crippen LogP contribution is 2.20. The number of amides is 1. The van der Waals surface area contributed by atoms with Crippen molar-refractivity contribution < 1.29 is 4.79 Å². The van der Waals surface area contributed by atoms with Gasteiger partial charge in [0.1, 0.15) is 5.82 Å². The topological polar surface area (TPSA) is 36.4 Å². The van der Waals surface area contributed by atoms with Gasteiger partial charge in [-0.15, -0.1) is 0 Å². The zero-order valence-electron chi connectivity index (χ0n) is 13.5. The molecule has 1 saturated heterocycles. The Morgan fingerprint density at radius 2 is 2.05 bits per heavy atom. The molecular weight excluding hydrogens is 262 g/mol. The highest BCUT2D eigenvalue weighted by Gasteiger charge is 2.26. The van der Waals surface area contributed by atoms with Crippen LogP contribution in [0.15, 0.2) is 18.3 Å². The lowest BCUT2D eigenvalue weighted by Gasteiger charge is -2.24. The molecule has 1 fully saturated rings. The Morgan fingerprint density at radius 3 is 2.52 bits per heavy atom. The fourth-order valence-electron chi connectivity index (χ4n) is 2.98. The summed E-state index contributed by atoms with van der Waals surface area (Å²) in [5.41, 5.74) is 0.709. The molecule has 1 aromatic heterocycles. The summed E-state index contributed by atoms with van der Waals surface area (Å²) in [7, 11) is 0. The number of carbonyl (C=O) groups is 1. The fraction of sp³-hybridized carbons (Fsp3) is 0.647. The molecule has 2 heterocycles. The maximum absolute atomic E-state index is 12.5. The van der Waals surface area contributed by atoms with Crippen LogP contribution < -0.4 is 4.90 Å². The minimum Gasteiger partial charge on any atom is -0.357 e. The van der Waals surface area contributed by atoms with Crippen LogP contribution in [0.25, 0.3) is 0 Å². The first kappa shape index (κ1) is 15.8. The van der Waals surface area contributed by atoms with Gasteiger partial charge in [-0.2, -0.15) is 0 Å². The molecule has 0 spiro atoms. The zero-order chi connectivity index (χ0) is 15.2. The molecule has 1 atom stereocenters. The van der Waals surface area contributed by atoms with Gasteiger partial charge in [0.05, 0.1) is 5.56 Å². The molecule has 116 valence electrons. The molecule has 0 bridgehead atoms. The first-order valence-electron chi connectivity index (χ1n) is 8.19. The van der Waals surface area contributed by atoms with Crippen LogP contribution in [-0.2, 0) is 0 Å². The van der Waals surface area contributed by atoms with Crippen LogP contribution in [0.3, 0.4) is 0 Å². The van der Waals surface area contributed by atoms with Crippen LogP contribution in [0.5, 0.6) is 0 Å². The highest BCUT2D eigenvalue weighted by atomic mass is 16.2. The number of rotatable bonds is 6. The lowest BCUT2D eigenvalue weighted by molar-refractivity contribution is 0.0747. The molecular formula is C17H27N3O. The van der Waals surface area contributed by atoms with E-state index in [0.29, 0.717) is 11.6 Å². The summed E-state index contributed by atoms with van der Waals surface area (Å²) in [5.74, 6) is 1.10. The molecule has 21 heavy (non-hydrogen) atoms. The number of hydrogen-bond acceptors (Lipinski definition) is 3. The predicted molar refractivity (Wildman–Crippen MR) is 86.8 cm³/mol. The van der Waals surface area contributed by atoms with Gasteiger partial charge < -0.3 is 9.80 Å². The number of likely N-dealkylation sites (tertiary alicyclic amines) is 1. The van der Waals surface area contributed by atoms with E-state index in [0.717, 1.165) is 51.1 Å². The van der Waals surface area contributed by atoms with Crippen molar-refractivity contribution in [2.75, 3.05) is 24.5 Å². The van der Waals surface area contributed by atoms with E-state index >= 15 is 0 Å². The zero-order valence-corrected chi connectivity index (χ0v) is 13.5. The Hall–Kier alpha value is -1.58. The predicted octanol–water partition coefficient (Wildman–Crippen LogP) is 3.33. The molecule has 1 aromatic rings. The molecule has 1 unspecified atom stereocenters. The van der Waals surface area contributed by atoms with Crippen molar-refractivity contribution in [1.82, 2.24) is 9.88 Å². The monoisotopic (exact) mass is 289 g/mol. The van der Waals surface area contributed by atoms with E-state index in [1.54, 1.807) is 6.20 Å². The second-order valence-electron chi connectivity index (χ2n) is 5.88. The van der Waals surface area contributed by atoms with Crippen LogP contribution in [0, 0.1) is 0 Å². The summed E-state index contributed by atoms with van der Waals surface area (Å²) in [6.07, 6.45) is 6.17. The Balaban J connectivity index is 2.08. The minimum atomic E-state index is 0.122. The largest absolute Gasteiger partial charge is 0.357 e. The van der Waals surface area contributed by atoms with E-state index in [9.17, 15) is 4.79 Å². The average Bonchev–Trinajstić information content (AvgIpc) is 2.93. The quantitative estimate of drug-likeness (QED) is 0.806. The number of nitrogens with zero attached hydrogens (tertiary/aromatic N) is 3. The lowest BCUT2D eigenvalue weighted by Crippen LogP contribution is -2.33. The van der Waals surface area contributed by atoms with Gasteiger partial charge in [-0.1, -0.05) is 13.8 Å². The van der Waals surface area contributed by atoms with E-state index < -0.39 is 0 Å². The van der Waals surface area contributed by atoms with E-state index in [-0.39, 0.29) is 5.91 Å². The minimum absolute atomic E-state index is 0.122. The SMILES string of the molecule is CCCN(CCC)c1ccc(C(=O)N2CCCC2C)cn1. The summed E-state index contributed by atoms with van der Waals surface area (Å²) < 4.78 is 0. The standard InChI is InChI=1S/C17H27N3O/c1-4-10-19(11-5-2)16-9-8-15(13-18-16)17(21)20-12-6-7-14(20)3/h8-9,13-14H,4-7,10-12H2,1-3H3. The highest BCUT2D eigenvalue weighted by molar-refractivity contribution is 5.94.